The van der Waals surface area contributed by atoms with Crippen molar-refractivity contribution in [3.63, 3.8) is 0 Å². The van der Waals surface area contributed by atoms with Crippen LogP contribution in [0.4, 0.5) is 5.69 Å². The number of Topliss-reactive ketones (excluding diaryl/α,β-unsaturated/α-hetero) is 1. The molecular formula is C22H24BrNO6. The van der Waals surface area contributed by atoms with E-state index in [1.807, 2.05) is 13.8 Å². The fraction of sp³-hybridized carbons (Fsp3) is 0.318. The molecule has 0 saturated heterocycles. The van der Waals surface area contributed by atoms with Crippen molar-refractivity contribution < 1.29 is 28.6 Å². The van der Waals surface area contributed by atoms with Gasteiger partial charge in [0.25, 0.3) is 0 Å². The second kappa shape index (κ2) is 10.8. The number of ether oxygens (including phenoxy) is 3. The molecule has 0 atom stereocenters. The van der Waals surface area contributed by atoms with Gasteiger partial charge in [-0.05, 0) is 58.2 Å². The number of halogens is 1. The van der Waals surface area contributed by atoms with E-state index in [1.165, 1.54) is 26.4 Å². The molecule has 0 heterocycles. The molecule has 0 unspecified atom stereocenters. The Morgan fingerprint density at radius 2 is 1.53 bits per heavy atom. The molecule has 0 saturated carbocycles. The average Bonchev–Trinajstić information content (AvgIpc) is 2.71. The van der Waals surface area contributed by atoms with Crippen LogP contribution in [-0.2, 0) is 9.53 Å². The second-order valence-corrected chi connectivity index (χ2v) is 7.71. The van der Waals surface area contributed by atoms with Gasteiger partial charge in [0.2, 0.25) is 5.91 Å². The summed E-state index contributed by atoms with van der Waals surface area (Å²) in [5.74, 6) is -0.0560. The first-order valence-corrected chi connectivity index (χ1v) is 10.1. The molecule has 0 fully saturated rings. The molecule has 7 nitrogen and oxygen atoms in total. The van der Waals surface area contributed by atoms with Crippen molar-refractivity contribution in [2.45, 2.75) is 20.3 Å². The molecule has 1 N–H and O–H groups in total. The topological polar surface area (TPSA) is 90.9 Å². The first-order valence-electron chi connectivity index (χ1n) is 9.27. The smallest absolute Gasteiger partial charge is 0.338 e. The van der Waals surface area contributed by atoms with Crippen LogP contribution in [-0.4, -0.2) is 38.5 Å². The zero-order valence-corrected chi connectivity index (χ0v) is 18.9. The summed E-state index contributed by atoms with van der Waals surface area (Å²) >= 11 is 3.33. The Labute approximate surface area is 183 Å². The van der Waals surface area contributed by atoms with Crippen molar-refractivity contribution in [1.29, 1.82) is 0 Å². The van der Waals surface area contributed by atoms with Gasteiger partial charge in [-0.1, -0.05) is 13.8 Å². The predicted molar refractivity (Wildman–Crippen MR) is 116 cm³/mol. The van der Waals surface area contributed by atoms with Crippen LogP contribution in [0.1, 0.15) is 41.0 Å². The zero-order valence-electron chi connectivity index (χ0n) is 17.3. The summed E-state index contributed by atoms with van der Waals surface area (Å²) in [7, 11) is 2.93. The van der Waals surface area contributed by atoms with Gasteiger partial charge >= 0.3 is 5.97 Å². The lowest BCUT2D eigenvalue weighted by atomic mass is 10.1. The highest BCUT2D eigenvalue weighted by atomic mass is 79.9. The first kappa shape index (κ1) is 23.4. The van der Waals surface area contributed by atoms with E-state index in [9.17, 15) is 14.4 Å². The lowest BCUT2D eigenvalue weighted by molar-refractivity contribution is -0.116. The highest BCUT2D eigenvalue weighted by Crippen LogP contribution is 2.35. The Kier molecular flexibility index (Phi) is 8.41. The molecule has 0 spiro atoms. The monoisotopic (exact) mass is 477 g/mol. The van der Waals surface area contributed by atoms with E-state index in [4.69, 9.17) is 14.2 Å². The van der Waals surface area contributed by atoms with Crippen LogP contribution in [0.15, 0.2) is 40.9 Å². The summed E-state index contributed by atoms with van der Waals surface area (Å²) in [6, 6.07) is 9.41. The minimum absolute atomic E-state index is 0.0849. The molecule has 0 aliphatic carbocycles. The fourth-order valence-electron chi connectivity index (χ4n) is 2.61. The Bertz CT molecular complexity index is 899. The van der Waals surface area contributed by atoms with Crippen LogP contribution in [0.5, 0.6) is 11.5 Å². The summed E-state index contributed by atoms with van der Waals surface area (Å²) in [5, 5.41) is 2.77. The molecule has 1 amide bonds. The molecule has 2 aromatic carbocycles. The number of benzene rings is 2. The lowest BCUT2D eigenvalue weighted by Gasteiger charge is -2.11. The van der Waals surface area contributed by atoms with Gasteiger partial charge in [0.15, 0.2) is 12.4 Å². The van der Waals surface area contributed by atoms with Crippen molar-refractivity contribution >= 4 is 39.3 Å². The van der Waals surface area contributed by atoms with Crippen LogP contribution in [0.25, 0.3) is 0 Å². The van der Waals surface area contributed by atoms with Gasteiger partial charge in [-0.25, -0.2) is 4.79 Å². The van der Waals surface area contributed by atoms with Crippen molar-refractivity contribution in [2.75, 3.05) is 26.1 Å². The summed E-state index contributed by atoms with van der Waals surface area (Å²) in [4.78, 5) is 36.5. The molecule has 8 heteroatoms. The molecule has 0 bridgehead atoms. The van der Waals surface area contributed by atoms with E-state index >= 15 is 0 Å². The third-order valence-electron chi connectivity index (χ3n) is 4.10. The average molecular weight is 478 g/mol. The molecule has 2 rings (SSSR count). The van der Waals surface area contributed by atoms with Crippen molar-refractivity contribution in [3.05, 3.63) is 52.0 Å². The highest BCUT2D eigenvalue weighted by molar-refractivity contribution is 9.10. The molecule has 0 aliphatic heterocycles. The highest BCUT2D eigenvalue weighted by Gasteiger charge is 2.17. The normalized spacial score (nSPS) is 10.5. The fourth-order valence-corrected chi connectivity index (χ4v) is 3.16. The van der Waals surface area contributed by atoms with Crippen LogP contribution < -0.4 is 14.8 Å². The Hall–Kier alpha value is -2.87. The van der Waals surface area contributed by atoms with Gasteiger partial charge in [-0.3, -0.25) is 9.59 Å². The van der Waals surface area contributed by atoms with Gasteiger partial charge in [-0.2, -0.15) is 0 Å². The number of hydrogen-bond donors (Lipinski definition) is 1. The van der Waals surface area contributed by atoms with E-state index in [-0.39, 0.29) is 23.2 Å². The Morgan fingerprint density at radius 3 is 2.03 bits per heavy atom. The molecule has 2 aromatic rings. The van der Waals surface area contributed by atoms with Crippen LogP contribution in [0.2, 0.25) is 0 Å². The maximum absolute atomic E-state index is 12.3. The SMILES string of the molecule is COc1cc(C(=O)OCC(=O)c2ccc(NC(=O)CC(C)C)cc2)cc(OC)c1Br. The number of esters is 1. The molecule has 0 aliphatic rings. The second-order valence-electron chi connectivity index (χ2n) is 6.92. The first-order chi connectivity index (χ1) is 14.2. The van der Waals surface area contributed by atoms with E-state index < -0.39 is 12.6 Å². The summed E-state index contributed by atoms with van der Waals surface area (Å²) < 4.78 is 16.1. The number of nitrogens with one attached hydrogen (secondary N) is 1. The predicted octanol–water partition coefficient (Wildman–Crippen LogP) is 4.49. The Balaban J connectivity index is 1.98. The number of methoxy groups -OCH3 is 2. The standard InChI is InChI=1S/C22H24BrNO6/c1-13(2)9-20(26)24-16-7-5-14(6-8-16)17(25)12-30-22(27)15-10-18(28-3)21(23)19(11-15)29-4/h5-8,10-11,13H,9,12H2,1-4H3,(H,24,26). The van der Waals surface area contributed by atoms with Crippen molar-refractivity contribution in [2.24, 2.45) is 5.92 Å². The summed E-state index contributed by atoms with van der Waals surface area (Å²) in [6.45, 7) is 3.50. The van der Waals surface area contributed by atoms with E-state index in [0.717, 1.165) is 0 Å². The molecular weight excluding hydrogens is 454 g/mol. The lowest BCUT2D eigenvalue weighted by Crippen LogP contribution is -2.15. The molecule has 0 radical (unpaired) electrons. The van der Waals surface area contributed by atoms with Crippen LogP contribution >= 0.6 is 15.9 Å². The molecule has 160 valence electrons. The Morgan fingerprint density at radius 1 is 0.967 bits per heavy atom. The van der Waals surface area contributed by atoms with Gasteiger partial charge in [-0.15, -0.1) is 0 Å². The number of ketones is 1. The number of anilines is 1. The zero-order chi connectivity index (χ0) is 22.3. The van der Waals surface area contributed by atoms with E-state index in [1.54, 1.807) is 24.3 Å². The van der Waals surface area contributed by atoms with E-state index in [2.05, 4.69) is 21.2 Å². The summed E-state index contributed by atoms with van der Waals surface area (Å²) in [5.41, 5.74) is 1.17. The maximum Gasteiger partial charge on any atom is 0.338 e. The third-order valence-corrected chi connectivity index (χ3v) is 4.88. The number of hydrogen-bond acceptors (Lipinski definition) is 6. The minimum Gasteiger partial charge on any atom is -0.495 e. The van der Waals surface area contributed by atoms with Gasteiger partial charge in [0.1, 0.15) is 16.0 Å². The van der Waals surface area contributed by atoms with Crippen LogP contribution in [0, 0.1) is 5.92 Å². The number of amides is 1. The number of carbonyl (C=O) groups is 3. The number of carbonyl (C=O) groups excluding carboxylic acids is 3. The quantitative estimate of drug-likeness (QED) is 0.422. The number of rotatable bonds is 9. The van der Waals surface area contributed by atoms with Crippen molar-refractivity contribution in [3.8, 4) is 11.5 Å². The molecule has 0 aromatic heterocycles. The van der Waals surface area contributed by atoms with Crippen molar-refractivity contribution in [1.82, 2.24) is 0 Å². The largest absolute Gasteiger partial charge is 0.495 e. The van der Waals surface area contributed by atoms with Gasteiger partial charge in [0.05, 0.1) is 19.8 Å². The van der Waals surface area contributed by atoms with Gasteiger partial charge < -0.3 is 19.5 Å². The maximum atomic E-state index is 12.3. The van der Waals surface area contributed by atoms with Crippen LogP contribution in [0.3, 0.4) is 0 Å². The van der Waals surface area contributed by atoms with E-state index in [0.29, 0.717) is 33.6 Å². The molecule has 30 heavy (non-hydrogen) atoms. The summed E-state index contributed by atoms with van der Waals surface area (Å²) in [6.07, 6.45) is 0.419. The minimum atomic E-state index is -0.676. The van der Waals surface area contributed by atoms with Gasteiger partial charge in [0, 0.05) is 17.7 Å². The third kappa shape index (κ3) is 6.32.